The molecule has 0 N–H and O–H groups in total. The average Bonchev–Trinajstić information content (AvgIpc) is 3.62. The van der Waals surface area contributed by atoms with Gasteiger partial charge >= 0.3 is 0 Å². The van der Waals surface area contributed by atoms with Crippen molar-refractivity contribution in [3.8, 4) is 34.1 Å². The lowest BCUT2D eigenvalue weighted by atomic mass is 9.87. The molecule has 0 unspecified atom stereocenters. The van der Waals surface area contributed by atoms with Crippen LogP contribution < -0.4 is 4.74 Å². The normalized spacial score (nSPS) is 12.2. The summed E-state index contributed by atoms with van der Waals surface area (Å²) in [7, 11) is 0. The third-order valence-corrected chi connectivity index (χ3v) is 8.31. The first-order valence-electron chi connectivity index (χ1n) is 15.5. The first-order chi connectivity index (χ1) is 21.6. The minimum Gasteiger partial charge on any atom is -0.457 e. The second-order valence-electron chi connectivity index (χ2n) is 13.7. The molecule has 0 saturated carbocycles. The first kappa shape index (κ1) is 28.6. The number of para-hydroxylation sites is 1. The molecule has 0 aliphatic heterocycles. The molecule has 224 valence electrons. The third-order valence-electron chi connectivity index (χ3n) is 8.31. The van der Waals surface area contributed by atoms with Gasteiger partial charge in [0.25, 0.3) is 0 Å². The molecule has 0 fully saturated rings. The fraction of sp³-hybridized carbons (Fsp3) is 0.200. The van der Waals surface area contributed by atoms with E-state index in [9.17, 15) is 0 Å². The van der Waals surface area contributed by atoms with Crippen LogP contribution in [0.25, 0.3) is 44.4 Å². The van der Waals surface area contributed by atoms with Crippen molar-refractivity contribution in [2.45, 2.75) is 52.4 Å². The van der Waals surface area contributed by atoms with Crippen LogP contribution in [0, 0.1) is 0 Å². The summed E-state index contributed by atoms with van der Waals surface area (Å²) < 4.78 is 10.7. The van der Waals surface area contributed by atoms with Crippen LogP contribution in [0.15, 0.2) is 122 Å². The van der Waals surface area contributed by atoms with E-state index >= 15 is 0 Å². The smallest absolute Gasteiger partial charge is 0.137 e. The number of aromatic nitrogens is 4. The van der Waals surface area contributed by atoms with Crippen molar-refractivity contribution in [3.63, 3.8) is 0 Å². The van der Waals surface area contributed by atoms with E-state index in [4.69, 9.17) is 14.8 Å². The summed E-state index contributed by atoms with van der Waals surface area (Å²) in [4.78, 5) is 4.81. The van der Waals surface area contributed by atoms with Crippen LogP contribution in [0.3, 0.4) is 0 Å². The number of rotatable bonds is 5. The molecule has 5 nitrogen and oxygen atoms in total. The molecule has 0 spiro atoms. The number of fused-ring (bicyclic) bond motifs is 3. The maximum Gasteiger partial charge on any atom is 0.137 e. The quantitative estimate of drug-likeness (QED) is 0.200. The van der Waals surface area contributed by atoms with Gasteiger partial charge < -0.3 is 4.74 Å². The monoisotopic (exact) mass is 590 g/mol. The number of ether oxygens (including phenoxy) is 1. The Hall–Kier alpha value is -5.16. The highest BCUT2D eigenvalue weighted by Crippen LogP contribution is 2.37. The largest absolute Gasteiger partial charge is 0.457 e. The van der Waals surface area contributed by atoms with Gasteiger partial charge in [-0.3, -0.25) is 4.57 Å². The van der Waals surface area contributed by atoms with E-state index in [2.05, 4.69) is 131 Å². The lowest BCUT2D eigenvalue weighted by Crippen LogP contribution is -2.14. The fourth-order valence-electron chi connectivity index (χ4n) is 5.98. The molecule has 45 heavy (non-hydrogen) atoms. The molecule has 3 aromatic heterocycles. The Labute approximate surface area is 264 Å². The van der Waals surface area contributed by atoms with Crippen molar-refractivity contribution in [1.82, 2.24) is 19.3 Å². The molecule has 0 bridgehead atoms. The van der Waals surface area contributed by atoms with Crippen LogP contribution in [0.4, 0.5) is 0 Å². The molecule has 3 heterocycles. The van der Waals surface area contributed by atoms with Crippen LogP contribution >= 0.6 is 0 Å². The number of hydrogen-bond acceptors (Lipinski definition) is 3. The van der Waals surface area contributed by atoms with Crippen LogP contribution in [-0.4, -0.2) is 19.3 Å². The first-order valence-corrected chi connectivity index (χ1v) is 15.5. The third kappa shape index (κ3) is 5.40. The predicted octanol–water partition coefficient (Wildman–Crippen LogP) is 10.4. The maximum atomic E-state index is 6.53. The molecular formula is C40H38N4O. The van der Waals surface area contributed by atoms with E-state index in [1.165, 1.54) is 10.9 Å². The minimum atomic E-state index is -0.111. The highest BCUT2D eigenvalue weighted by atomic mass is 16.5. The molecule has 7 aromatic rings. The van der Waals surface area contributed by atoms with Crippen molar-refractivity contribution in [2.24, 2.45) is 0 Å². The Bertz CT molecular complexity index is 2160. The van der Waals surface area contributed by atoms with Crippen molar-refractivity contribution in [3.05, 3.63) is 133 Å². The topological polar surface area (TPSA) is 44.9 Å². The van der Waals surface area contributed by atoms with Gasteiger partial charge in [-0.1, -0.05) is 96.1 Å². The Kier molecular flexibility index (Phi) is 6.85. The zero-order valence-corrected chi connectivity index (χ0v) is 26.7. The molecule has 0 aliphatic rings. The molecule has 0 saturated heterocycles. The number of benzene rings is 4. The van der Waals surface area contributed by atoms with E-state index in [1.807, 2.05) is 41.2 Å². The van der Waals surface area contributed by atoms with Crippen LogP contribution in [0.1, 0.15) is 52.8 Å². The zero-order chi connectivity index (χ0) is 31.3. The van der Waals surface area contributed by atoms with Crippen LogP contribution in [0.5, 0.6) is 11.5 Å². The van der Waals surface area contributed by atoms with Gasteiger partial charge in [0, 0.05) is 46.3 Å². The molecular weight excluding hydrogens is 552 g/mol. The minimum absolute atomic E-state index is 0.0137. The van der Waals surface area contributed by atoms with Gasteiger partial charge in [0.15, 0.2) is 0 Å². The van der Waals surface area contributed by atoms with E-state index in [0.717, 1.165) is 56.2 Å². The lowest BCUT2D eigenvalue weighted by molar-refractivity contribution is 0.482. The second-order valence-corrected chi connectivity index (χ2v) is 13.7. The average molecular weight is 591 g/mol. The van der Waals surface area contributed by atoms with Gasteiger partial charge in [0.1, 0.15) is 17.3 Å². The van der Waals surface area contributed by atoms with Crippen LogP contribution in [0.2, 0.25) is 0 Å². The standard InChI is InChI=1S/C40H38N4O/c1-39(2,3)28-21-22-41-37(23-28)44-35-18-11-10-17-32(35)33-20-19-31(25-36(33)44)45-30-16-12-15-29(24-30)43-26-34(27-13-8-7-9-14-27)38(42-43)40(4,5)6/h7-26H,1-6H3. The van der Waals surface area contributed by atoms with Gasteiger partial charge in [0.05, 0.1) is 22.4 Å². The molecule has 4 aromatic carbocycles. The Morgan fingerprint density at radius 3 is 2.13 bits per heavy atom. The lowest BCUT2D eigenvalue weighted by Gasteiger charge is -2.20. The van der Waals surface area contributed by atoms with Crippen molar-refractivity contribution in [2.75, 3.05) is 0 Å². The van der Waals surface area contributed by atoms with E-state index in [0.29, 0.717) is 0 Å². The summed E-state index contributed by atoms with van der Waals surface area (Å²) >= 11 is 0. The molecule has 0 amide bonds. The molecule has 0 aliphatic carbocycles. The fourth-order valence-corrected chi connectivity index (χ4v) is 5.98. The Balaban J connectivity index is 1.29. The molecule has 0 atom stereocenters. The summed E-state index contributed by atoms with van der Waals surface area (Å²) in [5, 5.41) is 7.41. The van der Waals surface area contributed by atoms with Crippen molar-refractivity contribution in [1.29, 1.82) is 0 Å². The summed E-state index contributed by atoms with van der Waals surface area (Å²) in [5.41, 5.74) is 7.61. The molecule has 5 heteroatoms. The molecule has 0 radical (unpaired) electrons. The number of pyridine rings is 1. The highest BCUT2D eigenvalue weighted by molar-refractivity contribution is 6.09. The van der Waals surface area contributed by atoms with Gasteiger partial charge in [-0.05, 0) is 59.0 Å². The van der Waals surface area contributed by atoms with E-state index in [1.54, 1.807) is 0 Å². The van der Waals surface area contributed by atoms with E-state index < -0.39 is 0 Å². The molecule has 7 rings (SSSR count). The summed E-state index contributed by atoms with van der Waals surface area (Å²) in [6.07, 6.45) is 4.03. The van der Waals surface area contributed by atoms with Crippen molar-refractivity contribution >= 4 is 21.8 Å². The van der Waals surface area contributed by atoms with Gasteiger partial charge in [0.2, 0.25) is 0 Å². The van der Waals surface area contributed by atoms with Crippen molar-refractivity contribution < 1.29 is 4.74 Å². The number of nitrogens with zero attached hydrogens (tertiary/aromatic N) is 4. The predicted molar refractivity (Wildman–Crippen MR) is 185 cm³/mol. The van der Waals surface area contributed by atoms with Gasteiger partial charge in [-0.15, -0.1) is 0 Å². The Morgan fingerprint density at radius 2 is 1.36 bits per heavy atom. The van der Waals surface area contributed by atoms with E-state index in [-0.39, 0.29) is 10.8 Å². The second kappa shape index (κ2) is 10.8. The summed E-state index contributed by atoms with van der Waals surface area (Å²) in [6.45, 7) is 13.3. The number of hydrogen-bond donors (Lipinski definition) is 0. The van der Waals surface area contributed by atoms with Gasteiger partial charge in [-0.25, -0.2) is 9.67 Å². The van der Waals surface area contributed by atoms with Gasteiger partial charge in [-0.2, -0.15) is 5.10 Å². The highest BCUT2D eigenvalue weighted by Gasteiger charge is 2.24. The zero-order valence-electron chi connectivity index (χ0n) is 26.7. The summed E-state index contributed by atoms with van der Waals surface area (Å²) in [6, 6.07) is 37.7. The maximum absolute atomic E-state index is 6.53. The van der Waals surface area contributed by atoms with Crippen LogP contribution in [-0.2, 0) is 10.8 Å². The SMILES string of the molecule is CC(C)(C)c1ccnc(-n2c3ccccc3c3ccc(Oc4cccc(-n5cc(-c6ccccc6)c(C(C)(C)C)n5)c4)cc32)c1. The summed E-state index contributed by atoms with van der Waals surface area (Å²) in [5.74, 6) is 2.41. The Morgan fingerprint density at radius 1 is 0.622 bits per heavy atom.